The Morgan fingerprint density at radius 3 is 2.15 bits per heavy atom. The van der Waals surface area contributed by atoms with Gasteiger partial charge in [-0.2, -0.15) is 13.2 Å². The molecule has 0 spiro atoms. The third-order valence-electron chi connectivity index (χ3n) is 3.35. The molecule has 2 unspecified atom stereocenters. The van der Waals surface area contributed by atoms with Crippen molar-refractivity contribution in [3.8, 4) is 0 Å². The number of rotatable bonds is 7. The zero-order chi connectivity index (χ0) is 21.6. The first kappa shape index (κ1) is 25.8. The maximum Gasteiger partial charge on any atom is 0.408 e. The van der Waals surface area contributed by atoms with Gasteiger partial charge in [-0.1, -0.05) is 0 Å². The maximum atomic E-state index is 13.4. The zero-order valence-corrected chi connectivity index (χ0v) is 17.5. The second-order valence-corrected chi connectivity index (χ2v) is 10.2. The van der Waals surface area contributed by atoms with Gasteiger partial charge >= 0.3 is 12.3 Å². The molecule has 4 atom stereocenters. The third-order valence-corrected chi connectivity index (χ3v) is 4.96. The Kier molecular flexibility index (Phi) is 9.39. The second kappa shape index (κ2) is 9.83. The van der Waals surface area contributed by atoms with Crippen LogP contribution in [0.4, 0.5) is 18.0 Å². The van der Waals surface area contributed by atoms with E-state index < -0.39 is 58.4 Å². The lowest BCUT2D eigenvalue weighted by Gasteiger charge is -2.31. The minimum atomic E-state index is -4.69. The molecule has 7 nitrogen and oxygen atoms in total. The maximum absolute atomic E-state index is 13.4. The molecule has 1 amide bonds. The summed E-state index contributed by atoms with van der Waals surface area (Å²) in [4.78, 5) is 11.8. The van der Waals surface area contributed by atoms with Crippen molar-refractivity contribution in [1.29, 1.82) is 0 Å². The molecule has 0 aromatic heterocycles. The molecule has 0 aromatic rings. The number of halogens is 3. The van der Waals surface area contributed by atoms with Crippen LogP contribution in [-0.2, 0) is 16.1 Å². The monoisotopic (exact) mass is 417 g/mol. The molecule has 0 heterocycles. The Morgan fingerprint density at radius 2 is 1.78 bits per heavy atom. The second-order valence-electron chi connectivity index (χ2n) is 8.19. The summed E-state index contributed by atoms with van der Waals surface area (Å²) in [6, 6.07) is -2.95. The van der Waals surface area contributed by atoms with Gasteiger partial charge in [-0.25, -0.2) is 4.79 Å². The van der Waals surface area contributed by atoms with Crippen molar-refractivity contribution in [3.63, 3.8) is 0 Å². The molecule has 0 aliphatic heterocycles. The first-order chi connectivity index (χ1) is 12.0. The molecule has 0 fully saturated rings. The van der Waals surface area contributed by atoms with Crippen LogP contribution in [0.2, 0.25) is 0 Å². The number of alkyl halides is 3. The number of amides is 1. The van der Waals surface area contributed by atoms with Crippen molar-refractivity contribution in [2.45, 2.75) is 83.5 Å². The number of carbonyl (C=O) groups is 1. The highest BCUT2D eigenvalue weighted by Crippen LogP contribution is 2.28. The first-order valence-electron chi connectivity index (χ1n) is 8.39. The molecule has 0 aliphatic carbocycles. The standard InChI is InChI=1S/C16H30F3N3O4S/c1-10(21-13(23)26-14(2,3)4)11(9-20-24)8-12(16(17,18)19)22-27(25)15(5,6)7/h9-12,22,24H,8H2,1-7H3,(H,21,23)/b20-9+/t10-,11+,12?,27?/m1/s1. The summed E-state index contributed by atoms with van der Waals surface area (Å²) in [6.07, 6.45) is -5.18. The number of ether oxygens (including phenoxy) is 1. The fourth-order valence-electron chi connectivity index (χ4n) is 1.91. The van der Waals surface area contributed by atoms with Crippen molar-refractivity contribution >= 4 is 23.7 Å². The Balaban J connectivity index is 5.26. The minimum absolute atomic E-state index is 0.591. The molecule has 0 rings (SSSR count). The van der Waals surface area contributed by atoms with Crippen LogP contribution in [0.1, 0.15) is 54.9 Å². The quantitative estimate of drug-likeness (QED) is 0.255. The highest BCUT2D eigenvalue weighted by Gasteiger charge is 2.46. The van der Waals surface area contributed by atoms with E-state index in [9.17, 15) is 22.5 Å². The molecular formula is C16H30F3N3O4S. The van der Waals surface area contributed by atoms with Crippen LogP contribution >= 0.6 is 0 Å². The van der Waals surface area contributed by atoms with Gasteiger partial charge in [0.15, 0.2) is 0 Å². The Hall–Kier alpha value is -1.20. The van der Waals surface area contributed by atoms with Gasteiger partial charge in [0.1, 0.15) is 16.4 Å². The molecule has 0 bridgehead atoms. The van der Waals surface area contributed by atoms with E-state index in [-0.39, 0.29) is 0 Å². The summed E-state index contributed by atoms with van der Waals surface area (Å²) in [5.41, 5.74) is -0.774. The Labute approximate surface area is 161 Å². The van der Waals surface area contributed by atoms with Gasteiger partial charge in [0.2, 0.25) is 0 Å². The lowest BCUT2D eigenvalue weighted by Crippen LogP contribution is -2.53. The Bertz CT molecular complexity index is 505. The Morgan fingerprint density at radius 1 is 1.26 bits per heavy atom. The lowest BCUT2D eigenvalue weighted by molar-refractivity contribution is -0.154. The van der Waals surface area contributed by atoms with Crippen molar-refractivity contribution in [2.75, 3.05) is 0 Å². The number of hydrogen-bond donors (Lipinski definition) is 3. The highest BCUT2D eigenvalue weighted by atomic mass is 32.2. The predicted octanol–water partition coefficient (Wildman–Crippen LogP) is 3.35. The number of carbonyl (C=O) groups excluding carboxylic acids is 1. The number of alkyl carbamates (subject to hydrolysis) is 1. The molecule has 0 saturated carbocycles. The molecular weight excluding hydrogens is 387 g/mol. The largest absolute Gasteiger partial charge is 0.598 e. The summed E-state index contributed by atoms with van der Waals surface area (Å²) < 4.78 is 58.6. The SMILES string of the molecule is C[C@@H](NC(=O)OC(C)(C)C)[C@H](/C=N/O)CC(N[S+]([O-])C(C)(C)C)C(F)(F)F. The normalized spacial score (nSPS) is 18.0. The molecule has 0 saturated heterocycles. The van der Waals surface area contributed by atoms with Gasteiger partial charge in [-0.3, -0.25) is 0 Å². The number of nitrogens with one attached hydrogen (secondary N) is 2. The first-order valence-corrected chi connectivity index (χ1v) is 9.54. The van der Waals surface area contributed by atoms with Gasteiger partial charge in [-0.05, 0) is 54.9 Å². The van der Waals surface area contributed by atoms with Crippen molar-refractivity contribution in [2.24, 2.45) is 11.1 Å². The van der Waals surface area contributed by atoms with Gasteiger partial charge in [0.25, 0.3) is 0 Å². The number of nitrogens with zero attached hydrogens (tertiary/aromatic N) is 1. The average molecular weight is 417 g/mol. The zero-order valence-electron chi connectivity index (χ0n) is 16.7. The van der Waals surface area contributed by atoms with Crippen LogP contribution in [0.5, 0.6) is 0 Å². The van der Waals surface area contributed by atoms with Crippen LogP contribution in [0.25, 0.3) is 0 Å². The lowest BCUT2D eigenvalue weighted by atomic mass is 9.94. The van der Waals surface area contributed by atoms with Crippen LogP contribution in [0.3, 0.4) is 0 Å². The van der Waals surface area contributed by atoms with Crippen LogP contribution in [-0.4, -0.2) is 50.7 Å². The van der Waals surface area contributed by atoms with Crippen molar-refractivity contribution in [3.05, 3.63) is 0 Å². The predicted molar refractivity (Wildman–Crippen MR) is 98.1 cm³/mol. The van der Waals surface area contributed by atoms with Gasteiger partial charge in [0.05, 0.1) is 0 Å². The third kappa shape index (κ3) is 10.6. The van der Waals surface area contributed by atoms with E-state index in [1.807, 2.05) is 0 Å². The summed E-state index contributed by atoms with van der Waals surface area (Å²) in [7, 11) is 0. The smallest absolute Gasteiger partial charge is 0.408 e. The van der Waals surface area contributed by atoms with Crippen molar-refractivity contribution in [1.82, 2.24) is 10.0 Å². The summed E-state index contributed by atoms with van der Waals surface area (Å²) in [5, 5.41) is 14.0. The average Bonchev–Trinajstić information content (AvgIpc) is 2.41. The molecule has 27 heavy (non-hydrogen) atoms. The molecule has 11 heteroatoms. The summed E-state index contributed by atoms with van der Waals surface area (Å²) >= 11 is -1.96. The number of hydrogen-bond acceptors (Lipinski definition) is 6. The van der Waals surface area contributed by atoms with E-state index in [0.29, 0.717) is 0 Å². The van der Waals surface area contributed by atoms with Crippen molar-refractivity contribution < 1.29 is 32.5 Å². The molecule has 160 valence electrons. The molecule has 0 aliphatic rings. The molecule has 0 aromatic carbocycles. The van der Waals surface area contributed by atoms with Gasteiger partial charge < -0.3 is 19.8 Å². The topological polar surface area (TPSA) is 106 Å². The van der Waals surface area contributed by atoms with Gasteiger partial charge in [0, 0.05) is 29.5 Å². The van der Waals surface area contributed by atoms with E-state index in [1.165, 1.54) is 6.92 Å². The highest BCUT2D eigenvalue weighted by molar-refractivity contribution is 7.90. The van der Waals surface area contributed by atoms with E-state index >= 15 is 0 Å². The van der Waals surface area contributed by atoms with Crippen LogP contribution < -0.4 is 10.0 Å². The minimum Gasteiger partial charge on any atom is -0.598 e. The van der Waals surface area contributed by atoms with E-state index in [0.717, 1.165) is 6.21 Å². The fraction of sp³-hybridized carbons (Fsp3) is 0.875. The number of oxime groups is 1. The molecule has 3 N–H and O–H groups in total. The summed E-state index contributed by atoms with van der Waals surface area (Å²) in [5.74, 6) is -0.987. The molecule has 0 radical (unpaired) electrons. The van der Waals surface area contributed by atoms with E-state index in [2.05, 4.69) is 15.2 Å². The van der Waals surface area contributed by atoms with E-state index in [4.69, 9.17) is 9.94 Å². The van der Waals surface area contributed by atoms with Crippen LogP contribution in [0, 0.1) is 5.92 Å². The fourth-order valence-corrected chi connectivity index (χ4v) is 2.75. The summed E-state index contributed by atoms with van der Waals surface area (Å²) in [6.45, 7) is 11.0. The van der Waals surface area contributed by atoms with Crippen LogP contribution in [0.15, 0.2) is 5.16 Å². The van der Waals surface area contributed by atoms with Gasteiger partial charge in [-0.15, -0.1) is 9.88 Å². The van der Waals surface area contributed by atoms with E-state index in [1.54, 1.807) is 41.5 Å².